The van der Waals surface area contributed by atoms with Gasteiger partial charge in [-0.05, 0) is 56.2 Å². The predicted octanol–water partition coefficient (Wildman–Crippen LogP) is 3.68. The summed E-state index contributed by atoms with van der Waals surface area (Å²) in [6.45, 7) is 2.63. The molecule has 1 saturated carbocycles. The molecule has 1 aliphatic carbocycles. The molecule has 2 heterocycles. The average molecular weight is 337 g/mol. The number of nitrogens with one attached hydrogen (secondary N) is 1. The Balaban J connectivity index is 0.00000176. The van der Waals surface area contributed by atoms with Gasteiger partial charge in [-0.2, -0.15) is 13.2 Å². The van der Waals surface area contributed by atoms with Crippen molar-refractivity contribution in [3.05, 3.63) is 24.0 Å². The van der Waals surface area contributed by atoms with E-state index < -0.39 is 11.7 Å². The van der Waals surface area contributed by atoms with Gasteiger partial charge in [0.1, 0.15) is 5.75 Å². The zero-order chi connectivity index (χ0) is 14.9. The maximum atomic E-state index is 12.6. The first-order valence-electron chi connectivity index (χ1n) is 7.33. The van der Waals surface area contributed by atoms with E-state index in [9.17, 15) is 13.2 Å². The third-order valence-electron chi connectivity index (χ3n) is 4.63. The molecule has 22 heavy (non-hydrogen) atoms. The number of hydrogen-bond acceptors (Lipinski definition) is 3. The van der Waals surface area contributed by atoms with Crippen molar-refractivity contribution in [3.8, 4) is 5.75 Å². The molecule has 2 aliphatic rings. The van der Waals surface area contributed by atoms with Crippen molar-refractivity contribution in [1.29, 1.82) is 0 Å². The summed E-state index contributed by atoms with van der Waals surface area (Å²) in [5, 5.41) is 3.36. The molecule has 0 unspecified atom stereocenters. The van der Waals surface area contributed by atoms with Gasteiger partial charge in [-0.15, -0.1) is 12.4 Å². The van der Waals surface area contributed by atoms with E-state index in [2.05, 4.69) is 10.3 Å². The number of alkyl halides is 3. The van der Waals surface area contributed by atoms with Gasteiger partial charge in [0.25, 0.3) is 0 Å². The Morgan fingerprint density at radius 1 is 1.23 bits per heavy atom. The lowest BCUT2D eigenvalue weighted by molar-refractivity contribution is -0.138. The van der Waals surface area contributed by atoms with Crippen LogP contribution in [-0.2, 0) is 6.18 Å². The van der Waals surface area contributed by atoms with Crippen LogP contribution in [0.2, 0.25) is 0 Å². The molecule has 3 nitrogen and oxygen atoms in total. The second-order valence-electron chi connectivity index (χ2n) is 6.24. The number of hydrogen-bond donors (Lipinski definition) is 1. The Bertz CT molecular complexity index is 496. The summed E-state index contributed by atoms with van der Waals surface area (Å²) >= 11 is 0. The van der Waals surface area contributed by atoms with Gasteiger partial charge in [0.15, 0.2) is 0 Å². The lowest BCUT2D eigenvalue weighted by atomic mass is 9.58. The molecule has 1 aromatic heterocycles. The quantitative estimate of drug-likeness (QED) is 0.914. The minimum absolute atomic E-state index is 0. The van der Waals surface area contributed by atoms with Gasteiger partial charge in [0, 0.05) is 6.20 Å². The highest BCUT2D eigenvalue weighted by atomic mass is 35.5. The molecule has 1 N–H and O–H groups in total. The van der Waals surface area contributed by atoms with E-state index in [4.69, 9.17) is 4.74 Å². The fourth-order valence-corrected chi connectivity index (χ4v) is 3.52. The molecule has 1 saturated heterocycles. The fraction of sp³-hybridized carbons (Fsp3) is 0.667. The normalized spacial score (nSPS) is 21.0. The number of piperidine rings is 1. The highest BCUT2D eigenvalue weighted by molar-refractivity contribution is 5.85. The van der Waals surface area contributed by atoms with E-state index in [0.29, 0.717) is 17.9 Å². The number of pyridine rings is 1. The highest BCUT2D eigenvalue weighted by Gasteiger charge is 2.44. The standard InChI is InChI=1S/C15H19F3N2O.ClH/c16-15(17,18)12-5-13(9-20-8-12)21-10-11-6-14(7-11)1-3-19-4-2-14;/h5,8-9,11,19H,1-4,6-7,10H2;1H. The molecule has 7 heteroatoms. The van der Waals surface area contributed by atoms with E-state index in [0.717, 1.165) is 38.2 Å². The molecule has 1 aromatic rings. The Hall–Kier alpha value is -1.01. The average Bonchev–Trinajstić information content (AvgIpc) is 2.43. The Kier molecular flexibility index (Phi) is 5.22. The largest absolute Gasteiger partial charge is 0.492 e. The van der Waals surface area contributed by atoms with Gasteiger partial charge < -0.3 is 10.1 Å². The van der Waals surface area contributed by atoms with Gasteiger partial charge in [-0.1, -0.05) is 0 Å². The molecule has 0 bridgehead atoms. The summed E-state index contributed by atoms with van der Waals surface area (Å²) in [5.41, 5.74) is -0.297. The molecular formula is C15H20ClF3N2O. The van der Waals surface area contributed by atoms with Crippen LogP contribution < -0.4 is 10.1 Å². The first kappa shape index (κ1) is 17.3. The van der Waals surface area contributed by atoms with Crippen LogP contribution in [0.5, 0.6) is 5.75 Å². The van der Waals surface area contributed by atoms with Crippen molar-refractivity contribution in [3.63, 3.8) is 0 Å². The number of halogens is 4. The summed E-state index contributed by atoms with van der Waals surface area (Å²) in [7, 11) is 0. The Morgan fingerprint density at radius 3 is 2.55 bits per heavy atom. The number of ether oxygens (including phenoxy) is 1. The lowest BCUT2D eigenvalue weighted by Crippen LogP contribution is -2.46. The molecule has 124 valence electrons. The SMILES string of the molecule is Cl.FC(F)(F)c1cncc(OCC2CC3(CCNCC3)C2)c1. The minimum Gasteiger partial charge on any atom is -0.492 e. The third kappa shape index (κ3) is 3.84. The molecule has 1 aliphatic heterocycles. The summed E-state index contributed by atoms with van der Waals surface area (Å²) in [4.78, 5) is 3.60. The second kappa shape index (κ2) is 6.62. The first-order valence-corrected chi connectivity index (χ1v) is 7.33. The maximum absolute atomic E-state index is 12.6. The van der Waals surface area contributed by atoms with Gasteiger partial charge in [0.2, 0.25) is 0 Å². The Morgan fingerprint density at radius 2 is 1.91 bits per heavy atom. The number of nitrogens with zero attached hydrogens (tertiary/aromatic N) is 1. The first-order chi connectivity index (χ1) is 9.97. The van der Waals surface area contributed by atoms with Gasteiger partial charge in [0.05, 0.1) is 18.4 Å². The predicted molar refractivity (Wildman–Crippen MR) is 79.2 cm³/mol. The molecule has 0 atom stereocenters. The third-order valence-corrected chi connectivity index (χ3v) is 4.63. The van der Waals surface area contributed by atoms with Gasteiger partial charge in [-0.25, -0.2) is 0 Å². The molecular weight excluding hydrogens is 317 g/mol. The van der Waals surface area contributed by atoms with Crippen molar-refractivity contribution in [2.75, 3.05) is 19.7 Å². The summed E-state index contributed by atoms with van der Waals surface area (Å²) in [5.74, 6) is 0.661. The topological polar surface area (TPSA) is 34.1 Å². The van der Waals surface area contributed by atoms with Crippen molar-refractivity contribution >= 4 is 12.4 Å². The molecule has 2 fully saturated rings. The second-order valence-corrected chi connectivity index (χ2v) is 6.24. The Labute approximate surface area is 134 Å². The van der Waals surface area contributed by atoms with Crippen molar-refractivity contribution in [2.45, 2.75) is 31.9 Å². The van der Waals surface area contributed by atoms with Crippen LogP contribution in [0.4, 0.5) is 13.2 Å². The van der Waals surface area contributed by atoms with Crippen LogP contribution >= 0.6 is 12.4 Å². The van der Waals surface area contributed by atoms with E-state index in [1.54, 1.807) is 0 Å². The smallest absolute Gasteiger partial charge is 0.418 e. The summed E-state index contributed by atoms with van der Waals surface area (Å²) in [6, 6.07) is 1.02. The highest BCUT2D eigenvalue weighted by Crippen LogP contribution is 2.51. The molecule has 3 rings (SSSR count). The zero-order valence-electron chi connectivity index (χ0n) is 12.2. The van der Waals surface area contributed by atoms with Gasteiger partial charge >= 0.3 is 6.18 Å². The zero-order valence-corrected chi connectivity index (χ0v) is 13.0. The number of aromatic nitrogens is 1. The molecule has 0 radical (unpaired) electrons. The fourth-order valence-electron chi connectivity index (χ4n) is 3.52. The summed E-state index contributed by atoms with van der Waals surface area (Å²) < 4.78 is 43.2. The van der Waals surface area contributed by atoms with Crippen LogP contribution in [-0.4, -0.2) is 24.7 Å². The van der Waals surface area contributed by atoms with Crippen LogP contribution in [0.25, 0.3) is 0 Å². The number of rotatable bonds is 3. The molecule has 0 amide bonds. The van der Waals surface area contributed by atoms with Crippen molar-refractivity contribution in [2.24, 2.45) is 11.3 Å². The van der Waals surface area contributed by atoms with E-state index in [-0.39, 0.29) is 18.2 Å². The van der Waals surface area contributed by atoms with Crippen LogP contribution in [0.1, 0.15) is 31.2 Å². The monoisotopic (exact) mass is 336 g/mol. The van der Waals surface area contributed by atoms with Gasteiger partial charge in [-0.3, -0.25) is 4.98 Å². The van der Waals surface area contributed by atoms with Crippen LogP contribution in [0.15, 0.2) is 18.5 Å². The summed E-state index contributed by atoms with van der Waals surface area (Å²) in [6.07, 6.45) is 2.45. The van der Waals surface area contributed by atoms with Crippen LogP contribution in [0, 0.1) is 11.3 Å². The van der Waals surface area contributed by atoms with Crippen LogP contribution in [0.3, 0.4) is 0 Å². The van der Waals surface area contributed by atoms with Crippen molar-refractivity contribution < 1.29 is 17.9 Å². The van der Waals surface area contributed by atoms with E-state index in [1.807, 2.05) is 0 Å². The molecule has 1 spiro atoms. The van der Waals surface area contributed by atoms with E-state index >= 15 is 0 Å². The lowest BCUT2D eigenvalue weighted by Gasteiger charge is -2.50. The minimum atomic E-state index is -4.37. The maximum Gasteiger partial charge on any atom is 0.418 e. The van der Waals surface area contributed by atoms with E-state index in [1.165, 1.54) is 19.0 Å². The molecule has 0 aromatic carbocycles. The van der Waals surface area contributed by atoms with Crippen molar-refractivity contribution in [1.82, 2.24) is 10.3 Å².